The standard InChI is InChI=1S/C32H41F2N5O7S/c1-2-23-16-32(23,29(42)37-47(45,46)24-12-13-24)36-28(41)26-11-7-15-39(26)27(40)17-35-20-31(33,34)14-5-3-4-8-21-9-6-10-22-18-38(30(43)44)19-25(21)22/h2,4,6,8-10,23-24,26,35H,1,3,5,7,11-20H2,(H,36,41)(H,37,42)(H,43,44)/b8-4+/t23-,26?,32?/m1/s1. The van der Waals surface area contributed by atoms with Crippen molar-refractivity contribution in [1.29, 1.82) is 0 Å². The number of fused-ring (bicyclic) bond motifs is 1. The molecule has 2 aliphatic heterocycles. The van der Waals surface area contributed by atoms with E-state index in [-0.39, 0.29) is 25.9 Å². The molecule has 12 nitrogen and oxygen atoms in total. The normalized spacial score (nSPS) is 23.9. The van der Waals surface area contributed by atoms with Gasteiger partial charge < -0.3 is 20.6 Å². The fourth-order valence-electron chi connectivity index (χ4n) is 6.33. The highest BCUT2D eigenvalue weighted by molar-refractivity contribution is 7.91. The Morgan fingerprint density at radius 3 is 2.60 bits per heavy atom. The van der Waals surface area contributed by atoms with Crippen molar-refractivity contribution in [2.45, 2.75) is 87.2 Å². The maximum atomic E-state index is 14.6. The fourth-order valence-corrected chi connectivity index (χ4v) is 7.69. The number of amides is 4. The number of allylic oxidation sites excluding steroid dienone is 1. The van der Waals surface area contributed by atoms with Crippen LogP contribution < -0.4 is 15.4 Å². The largest absolute Gasteiger partial charge is 0.465 e. The Bertz CT molecular complexity index is 1560. The topological polar surface area (TPSA) is 165 Å². The van der Waals surface area contributed by atoms with Crippen LogP contribution in [0.5, 0.6) is 0 Å². The molecule has 4 aliphatic rings. The van der Waals surface area contributed by atoms with Gasteiger partial charge in [0.05, 0.1) is 24.9 Å². The van der Waals surface area contributed by atoms with E-state index in [1.807, 2.05) is 24.3 Å². The lowest BCUT2D eigenvalue weighted by atomic mass is 10.0. The summed E-state index contributed by atoms with van der Waals surface area (Å²) in [5.41, 5.74) is 1.25. The number of carbonyl (C=O) groups excluding carboxylic acids is 3. The van der Waals surface area contributed by atoms with Gasteiger partial charge in [-0.05, 0) is 61.6 Å². The molecule has 256 valence electrons. The van der Waals surface area contributed by atoms with Crippen molar-refractivity contribution >= 4 is 39.9 Å². The van der Waals surface area contributed by atoms with Crippen molar-refractivity contribution < 1.29 is 41.5 Å². The zero-order valence-electron chi connectivity index (χ0n) is 26.1. The monoisotopic (exact) mass is 677 g/mol. The van der Waals surface area contributed by atoms with Crippen molar-refractivity contribution in [3.8, 4) is 0 Å². The van der Waals surface area contributed by atoms with E-state index in [0.29, 0.717) is 38.6 Å². The molecule has 2 heterocycles. The molecule has 5 rings (SSSR count). The lowest BCUT2D eigenvalue weighted by Gasteiger charge is -2.27. The molecule has 1 aromatic carbocycles. The summed E-state index contributed by atoms with van der Waals surface area (Å²) in [7, 11) is -3.83. The van der Waals surface area contributed by atoms with Crippen molar-refractivity contribution in [2.24, 2.45) is 5.92 Å². The number of carboxylic acid groups (broad SMARTS) is 1. The lowest BCUT2D eigenvalue weighted by Crippen LogP contribution is -2.57. The number of carbonyl (C=O) groups is 4. The maximum absolute atomic E-state index is 14.6. The summed E-state index contributed by atoms with van der Waals surface area (Å²) >= 11 is 0. The van der Waals surface area contributed by atoms with Crippen molar-refractivity contribution in [2.75, 3.05) is 19.6 Å². The number of sulfonamides is 1. The van der Waals surface area contributed by atoms with Gasteiger partial charge in [-0.25, -0.2) is 22.0 Å². The smallest absolute Gasteiger partial charge is 0.407 e. The number of benzene rings is 1. The summed E-state index contributed by atoms with van der Waals surface area (Å²) in [4.78, 5) is 53.1. The lowest BCUT2D eigenvalue weighted by molar-refractivity contribution is -0.139. The second-order valence-electron chi connectivity index (χ2n) is 12.8. The summed E-state index contributed by atoms with van der Waals surface area (Å²) in [6.45, 7) is 3.42. The van der Waals surface area contributed by atoms with Gasteiger partial charge in [-0.3, -0.25) is 24.0 Å². The molecule has 3 fully saturated rings. The number of alkyl halides is 2. The van der Waals surface area contributed by atoms with Crippen LogP contribution in [0.2, 0.25) is 0 Å². The average molecular weight is 678 g/mol. The van der Waals surface area contributed by atoms with E-state index in [9.17, 15) is 41.5 Å². The van der Waals surface area contributed by atoms with Crippen LogP contribution in [0.1, 0.15) is 68.1 Å². The van der Waals surface area contributed by atoms with E-state index in [2.05, 4.69) is 21.9 Å². The number of likely N-dealkylation sites (tertiary alicyclic amines) is 1. The van der Waals surface area contributed by atoms with Gasteiger partial charge in [0.25, 0.3) is 11.8 Å². The molecule has 0 radical (unpaired) electrons. The molecule has 47 heavy (non-hydrogen) atoms. The van der Waals surface area contributed by atoms with Crippen LogP contribution in [-0.4, -0.2) is 89.5 Å². The first kappa shape index (κ1) is 34.5. The Kier molecular flexibility index (Phi) is 10.1. The second kappa shape index (κ2) is 13.7. The zero-order chi connectivity index (χ0) is 34.0. The van der Waals surface area contributed by atoms with E-state index >= 15 is 0 Å². The fraction of sp³-hybridized carbons (Fsp3) is 0.562. The van der Waals surface area contributed by atoms with Crippen molar-refractivity contribution in [1.82, 2.24) is 25.2 Å². The van der Waals surface area contributed by atoms with Crippen LogP contribution in [0.15, 0.2) is 36.9 Å². The van der Waals surface area contributed by atoms with Gasteiger partial charge in [0.15, 0.2) is 0 Å². The molecule has 2 saturated carbocycles. The van der Waals surface area contributed by atoms with E-state index < -0.39 is 82.0 Å². The first-order valence-corrected chi connectivity index (χ1v) is 17.4. The molecule has 1 saturated heterocycles. The Hall–Kier alpha value is -3.85. The summed E-state index contributed by atoms with van der Waals surface area (Å²) in [5, 5.41) is 13.8. The number of nitrogens with zero attached hydrogens (tertiary/aromatic N) is 2. The van der Waals surface area contributed by atoms with Gasteiger partial charge in [0, 0.05) is 25.4 Å². The SMILES string of the molecule is C=C[C@@H]1CC1(NC(=O)C1CCCN1C(=O)CNCC(F)(F)CCC/C=C/c1cccc2c1CN(C(=O)O)C2)C(=O)NS(=O)(=O)C1CC1. The molecule has 3 atom stereocenters. The Balaban J connectivity index is 1.05. The molecule has 4 amide bonds. The summed E-state index contributed by atoms with van der Waals surface area (Å²) < 4.78 is 55.9. The van der Waals surface area contributed by atoms with Crippen LogP contribution in [-0.2, 0) is 37.5 Å². The van der Waals surface area contributed by atoms with Crippen LogP contribution >= 0.6 is 0 Å². The summed E-state index contributed by atoms with van der Waals surface area (Å²) in [6, 6.07) is 4.67. The molecular weight excluding hydrogens is 636 g/mol. The molecule has 0 bridgehead atoms. The Labute approximate surface area is 272 Å². The molecule has 15 heteroatoms. The van der Waals surface area contributed by atoms with Crippen molar-refractivity contribution in [3.05, 3.63) is 53.6 Å². The number of hydrogen-bond acceptors (Lipinski definition) is 7. The molecule has 2 aliphatic carbocycles. The predicted molar refractivity (Wildman–Crippen MR) is 168 cm³/mol. The number of halogens is 2. The summed E-state index contributed by atoms with van der Waals surface area (Å²) in [5.74, 6) is -5.48. The molecule has 1 aromatic rings. The van der Waals surface area contributed by atoms with Gasteiger partial charge in [0.2, 0.25) is 21.8 Å². The maximum Gasteiger partial charge on any atom is 0.407 e. The highest BCUT2D eigenvalue weighted by Crippen LogP contribution is 2.45. The highest BCUT2D eigenvalue weighted by Gasteiger charge is 2.61. The first-order chi connectivity index (χ1) is 22.3. The molecule has 2 unspecified atom stereocenters. The minimum Gasteiger partial charge on any atom is -0.465 e. The van der Waals surface area contributed by atoms with Crippen LogP contribution in [0.4, 0.5) is 13.6 Å². The molecular formula is C32H41F2N5O7S. The number of unbranched alkanes of at least 4 members (excludes halogenated alkanes) is 1. The first-order valence-electron chi connectivity index (χ1n) is 15.9. The average Bonchev–Trinajstić information content (AvgIpc) is 3.89. The number of rotatable bonds is 15. The Morgan fingerprint density at radius 2 is 1.91 bits per heavy atom. The van der Waals surface area contributed by atoms with Crippen LogP contribution in [0, 0.1) is 5.92 Å². The third-order valence-electron chi connectivity index (χ3n) is 9.29. The third-order valence-corrected chi connectivity index (χ3v) is 11.1. The van der Waals surface area contributed by atoms with E-state index in [0.717, 1.165) is 16.7 Å². The Morgan fingerprint density at radius 1 is 1.15 bits per heavy atom. The third kappa shape index (κ3) is 8.00. The minimum absolute atomic E-state index is 0.182. The van der Waals surface area contributed by atoms with Gasteiger partial charge in [0.1, 0.15) is 11.6 Å². The van der Waals surface area contributed by atoms with Gasteiger partial charge in [-0.2, -0.15) is 0 Å². The second-order valence-corrected chi connectivity index (χ2v) is 14.8. The van der Waals surface area contributed by atoms with E-state index in [1.54, 1.807) is 6.08 Å². The number of nitrogens with one attached hydrogen (secondary N) is 3. The highest BCUT2D eigenvalue weighted by atomic mass is 32.2. The molecule has 0 aromatic heterocycles. The number of hydrogen-bond donors (Lipinski definition) is 4. The van der Waals surface area contributed by atoms with Gasteiger partial charge >= 0.3 is 6.09 Å². The minimum atomic E-state index is -3.83. The zero-order valence-corrected chi connectivity index (χ0v) is 26.9. The molecule has 4 N–H and O–H groups in total. The van der Waals surface area contributed by atoms with Crippen LogP contribution in [0.25, 0.3) is 6.08 Å². The predicted octanol–water partition coefficient (Wildman–Crippen LogP) is 2.75. The van der Waals surface area contributed by atoms with Gasteiger partial charge in [-0.1, -0.05) is 36.4 Å². The summed E-state index contributed by atoms with van der Waals surface area (Å²) in [6.07, 6.45) is 6.25. The quantitative estimate of drug-likeness (QED) is 0.163. The van der Waals surface area contributed by atoms with Gasteiger partial charge in [-0.15, -0.1) is 6.58 Å². The van der Waals surface area contributed by atoms with Crippen LogP contribution in [0.3, 0.4) is 0 Å². The molecule has 0 spiro atoms. The van der Waals surface area contributed by atoms with E-state index in [1.165, 1.54) is 15.9 Å². The van der Waals surface area contributed by atoms with Crippen molar-refractivity contribution in [3.63, 3.8) is 0 Å². The van der Waals surface area contributed by atoms with E-state index in [4.69, 9.17) is 0 Å².